The maximum absolute atomic E-state index is 12.9. The summed E-state index contributed by atoms with van der Waals surface area (Å²) in [5, 5.41) is 3.78. The van der Waals surface area contributed by atoms with Crippen LogP contribution in [0, 0.1) is 0 Å². The third kappa shape index (κ3) is 6.24. The van der Waals surface area contributed by atoms with Gasteiger partial charge in [-0.15, -0.1) is 0 Å². The van der Waals surface area contributed by atoms with Crippen molar-refractivity contribution in [3.63, 3.8) is 0 Å². The van der Waals surface area contributed by atoms with Crippen molar-refractivity contribution in [3.05, 3.63) is 58.7 Å². The standard InChI is InChI=1S/C24H27Cl2N7O3/c1-16(34)31-9-10-33(22-13-21(26)29-24(30-22)32-8-7-27-15-32)18(14-31)12-23(35)28-6-5-17-3-4-20(36-2)19(25)11-17/h3-4,7-8,11,13,15,18H,5-6,9-10,12,14H2,1-2H3,(H,28,35). The predicted octanol–water partition coefficient (Wildman–Crippen LogP) is 2.76. The van der Waals surface area contributed by atoms with Gasteiger partial charge >= 0.3 is 0 Å². The molecule has 10 nitrogen and oxygen atoms in total. The summed E-state index contributed by atoms with van der Waals surface area (Å²) in [6.45, 7) is 3.42. The number of imidazole rings is 1. The van der Waals surface area contributed by atoms with Gasteiger partial charge in [0, 0.05) is 58.0 Å². The van der Waals surface area contributed by atoms with Crippen molar-refractivity contribution < 1.29 is 14.3 Å². The number of hydrogen-bond donors (Lipinski definition) is 1. The van der Waals surface area contributed by atoms with Gasteiger partial charge < -0.3 is 19.9 Å². The highest BCUT2D eigenvalue weighted by Crippen LogP contribution is 2.26. The van der Waals surface area contributed by atoms with Crippen LogP contribution in [-0.2, 0) is 16.0 Å². The first-order valence-corrected chi connectivity index (χ1v) is 12.2. The van der Waals surface area contributed by atoms with Crippen LogP contribution in [0.1, 0.15) is 18.9 Å². The number of aromatic nitrogens is 4. The number of hydrogen-bond acceptors (Lipinski definition) is 7. The first kappa shape index (κ1) is 25.7. The number of carbonyl (C=O) groups is 2. The Hall–Kier alpha value is -3.37. The van der Waals surface area contributed by atoms with Gasteiger partial charge in [0.25, 0.3) is 0 Å². The molecule has 1 N–H and O–H groups in total. The smallest absolute Gasteiger partial charge is 0.238 e. The van der Waals surface area contributed by atoms with Crippen molar-refractivity contribution in [2.24, 2.45) is 0 Å². The molecular weight excluding hydrogens is 505 g/mol. The summed E-state index contributed by atoms with van der Waals surface area (Å²) in [6.07, 6.45) is 5.76. The number of amides is 2. The summed E-state index contributed by atoms with van der Waals surface area (Å²) in [5.74, 6) is 1.43. The van der Waals surface area contributed by atoms with Crippen LogP contribution in [-0.4, -0.2) is 75.6 Å². The number of ether oxygens (including phenoxy) is 1. The molecule has 3 aromatic rings. The molecule has 2 aromatic heterocycles. The second kappa shape index (κ2) is 11.6. The molecule has 0 spiro atoms. The summed E-state index contributed by atoms with van der Waals surface area (Å²) >= 11 is 12.5. The van der Waals surface area contributed by atoms with E-state index in [2.05, 4.69) is 20.3 Å². The Morgan fingerprint density at radius 1 is 1.19 bits per heavy atom. The van der Waals surface area contributed by atoms with Gasteiger partial charge in [0.15, 0.2) is 0 Å². The lowest BCUT2D eigenvalue weighted by atomic mass is 10.1. The van der Waals surface area contributed by atoms with E-state index in [0.717, 1.165) is 5.56 Å². The molecule has 1 aromatic carbocycles. The normalized spacial score (nSPS) is 15.6. The highest BCUT2D eigenvalue weighted by Gasteiger charge is 2.31. The topological polar surface area (TPSA) is 105 Å². The van der Waals surface area contributed by atoms with Crippen LogP contribution in [0.15, 0.2) is 43.0 Å². The molecule has 1 fully saturated rings. The first-order valence-electron chi connectivity index (χ1n) is 11.5. The zero-order valence-corrected chi connectivity index (χ0v) is 21.5. The molecule has 190 valence electrons. The third-order valence-corrected chi connectivity index (χ3v) is 6.49. The monoisotopic (exact) mass is 531 g/mol. The van der Waals surface area contributed by atoms with E-state index in [1.165, 1.54) is 6.92 Å². The lowest BCUT2D eigenvalue weighted by Crippen LogP contribution is -2.56. The summed E-state index contributed by atoms with van der Waals surface area (Å²) < 4.78 is 6.84. The van der Waals surface area contributed by atoms with Gasteiger partial charge in [-0.25, -0.2) is 9.97 Å². The number of anilines is 1. The van der Waals surface area contributed by atoms with Crippen molar-refractivity contribution in [1.29, 1.82) is 0 Å². The fourth-order valence-electron chi connectivity index (χ4n) is 4.15. The fourth-order valence-corrected chi connectivity index (χ4v) is 4.60. The number of piperazine rings is 1. The number of benzene rings is 1. The van der Waals surface area contributed by atoms with E-state index in [1.807, 2.05) is 17.0 Å². The van der Waals surface area contributed by atoms with Crippen molar-refractivity contribution in [1.82, 2.24) is 29.7 Å². The van der Waals surface area contributed by atoms with Gasteiger partial charge in [0.1, 0.15) is 23.0 Å². The minimum absolute atomic E-state index is 0.0312. The van der Waals surface area contributed by atoms with Crippen molar-refractivity contribution >= 4 is 40.8 Å². The van der Waals surface area contributed by atoms with E-state index in [0.29, 0.717) is 55.1 Å². The fraction of sp³-hybridized carbons (Fsp3) is 0.375. The summed E-state index contributed by atoms with van der Waals surface area (Å²) in [6, 6.07) is 6.95. The Labute approximate surface area is 219 Å². The van der Waals surface area contributed by atoms with Crippen molar-refractivity contribution in [3.8, 4) is 11.7 Å². The number of methoxy groups -OCH3 is 1. The molecule has 1 saturated heterocycles. The Morgan fingerprint density at radius 2 is 2.03 bits per heavy atom. The van der Waals surface area contributed by atoms with Crippen LogP contribution in [0.5, 0.6) is 5.75 Å². The van der Waals surface area contributed by atoms with Crippen LogP contribution < -0.4 is 15.0 Å². The molecule has 1 unspecified atom stereocenters. The van der Waals surface area contributed by atoms with E-state index < -0.39 is 0 Å². The molecule has 0 bridgehead atoms. The molecule has 1 aliphatic rings. The number of carbonyl (C=O) groups excluding carboxylic acids is 2. The zero-order valence-electron chi connectivity index (χ0n) is 20.0. The quantitative estimate of drug-likeness (QED) is 0.445. The Morgan fingerprint density at radius 3 is 2.72 bits per heavy atom. The predicted molar refractivity (Wildman–Crippen MR) is 137 cm³/mol. The zero-order chi connectivity index (χ0) is 25.7. The lowest BCUT2D eigenvalue weighted by Gasteiger charge is -2.41. The largest absolute Gasteiger partial charge is 0.495 e. The molecule has 0 saturated carbocycles. The molecule has 3 heterocycles. The molecule has 0 aliphatic carbocycles. The maximum atomic E-state index is 12.9. The van der Waals surface area contributed by atoms with E-state index in [9.17, 15) is 9.59 Å². The van der Waals surface area contributed by atoms with Crippen LogP contribution in [0.2, 0.25) is 10.2 Å². The average Bonchev–Trinajstić information content (AvgIpc) is 3.39. The van der Waals surface area contributed by atoms with Gasteiger partial charge in [-0.05, 0) is 24.1 Å². The number of nitrogens with one attached hydrogen (secondary N) is 1. The molecule has 0 radical (unpaired) electrons. The Bertz CT molecular complexity index is 1220. The van der Waals surface area contributed by atoms with Crippen LogP contribution >= 0.6 is 23.2 Å². The van der Waals surface area contributed by atoms with E-state index in [4.69, 9.17) is 27.9 Å². The molecular formula is C24H27Cl2N7O3. The number of nitrogens with zero attached hydrogens (tertiary/aromatic N) is 6. The van der Waals surface area contributed by atoms with E-state index in [-0.39, 0.29) is 29.4 Å². The van der Waals surface area contributed by atoms with Gasteiger partial charge in [0.2, 0.25) is 17.8 Å². The summed E-state index contributed by atoms with van der Waals surface area (Å²) in [5.41, 5.74) is 0.991. The van der Waals surface area contributed by atoms with Gasteiger partial charge in [0.05, 0.1) is 18.2 Å². The highest BCUT2D eigenvalue weighted by atomic mass is 35.5. The lowest BCUT2D eigenvalue weighted by molar-refractivity contribution is -0.130. The van der Waals surface area contributed by atoms with Crippen molar-refractivity contribution in [2.75, 3.05) is 38.2 Å². The van der Waals surface area contributed by atoms with Crippen LogP contribution in [0.25, 0.3) is 5.95 Å². The summed E-state index contributed by atoms with van der Waals surface area (Å²) in [4.78, 5) is 41.7. The molecule has 4 rings (SSSR count). The van der Waals surface area contributed by atoms with Crippen molar-refractivity contribution in [2.45, 2.75) is 25.8 Å². The SMILES string of the molecule is COc1ccc(CCNC(=O)CC2CN(C(C)=O)CCN2c2cc(Cl)nc(-n3ccnc3)n2)cc1Cl. The number of rotatable bonds is 8. The second-order valence-corrected chi connectivity index (χ2v) is 9.20. The van der Waals surface area contributed by atoms with Gasteiger partial charge in [-0.3, -0.25) is 14.2 Å². The number of halogens is 2. The Balaban J connectivity index is 1.45. The minimum atomic E-state index is -0.278. The maximum Gasteiger partial charge on any atom is 0.238 e. The molecule has 36 heavy (non-hydrogen) atoms. The van der Waals surface area contributed by atoms with Gasteiger partial charge in [-0.2, -0.15) is 4.98 Å². The summed E-state index contributed by atoms with van der Waals surface area (Å²) in [7, 11) is 1.57. The second-order valence-electron chi connectivity index (χ2n) is 8.40. The molecule has 12 heteroatoms. The molecule has 1 aliphatic heterocycles. The average molecular weight is 532 g/mol. The third-order valence-electron chi connectivity index (χ3n) is 6.00. The van der Waals surface area contributed by atoms with Crippen LogP contribution in [0.3, 0.4) is 0 Å². The first-order chi connectivity index (χ1) is 17.3. The minimum Gasteiger partial charge on any atom is -0.495 e. The van der Waals surface area contributed by atoms with Gasteiger partial charge in [-0.1, -0.05) is 29.3 Å². The molecule has 1 atom stereocenters. The van der Waals surface area contributed by atoms with E-state index >= 15 is 0 Å². The molecule has 2 amide bonds. The van der Waals surface area contributed by atoms with Crippen LogP contribution in [0.4, 0.5) is 5.82 Å². The highest BCUT2D eigenvalue weighted by molar-refractivity contribution is 6.32. The van der Waals surface area contributed by atoms with E-state index in [1.54, 1.807) is 47.4 Å². The Kier molecular flexibility index (Phi) is 8.27.